The number of fused-ring (bicyclic) bond motifs is 1. The predicted octanol–water partition coefficient (Wildman–Crippen LogP) is 3.91. The summed E-state index contributed by atoms with van der Waals surface area (Å²) in [4.78, 5) is 30.9. The molecule has 0 aromatic heterocycles. The number of hydrogen-bond donors (Lipinski definition) is 0. The molecule has 6 heteroatoms. The van der Waals surface area contributed by atoms with Crippen molar-refractivity contribution in [3.8, 4) is 5.75 Å². The van der Waals surface area contributed by atoms with Crippen LogP contribution in [0.4, 0.5) is 5.69 Å². The minimum absolute atomic E-state index is 0.149. The second-order valence-electron chi connectivity index (χ2n) is 8.05. The Morgan fingerprint density at radius 1 is 0.970 bits per heavy atom. The molecule has 0 atom stereocenters. The standard InChI is InChI=1S/C27H28N2O4/c30-24(20-25(31)7-2-22-5-10-27-23(19-22)11-12-28-27)6-1-21-3-8-26(9-4-21)33-18-15-29-13-16-32-17-14-29/h1-10,12,19H,11,13-18,20H2/b6-1+,7-2+. The average Bonchev–Trinajstić information content (AvgIpc) is 3.31. The molecule has 0 spiro atoms. The lowest BCUT2D eigenvalue weighted by atomic mass is 10.1. The molecule has 2 aromatic carbocycles. The van der Waals surface area contributed by atoms with Gasteiger partial charge in [-0.25, -0.2) is 0 Å². The molecule has 6 nitrogen and oxygen atoms in total. The first-order valence-corrected chi connectivity index (χ1v) is 11.3. The first-order chi connectivity index (χ1) is 16.2. The Kier molecular flexibility index (Phi) is 7.95. The molecule has 0 bridgehead atoms. The Bertz CT molecular complexity index is 1060. The Morgan fingerprint density at radius 3 is 2.42 bits per heavy atom. The van der Waals surface area contributed by atoms with E-state index in [1.807, 2.05) is 48.7 Å². The molecular formula is C27H28N2O4. The molecule has 0 radical (unpaired) electrons. The second-order valence-corrected chi connectivity index (χ2v) is 8.05. The maximum Gasteiger partial charge on any atom is 0.163 e. The van der Waals surface area contributed by atoms with Crippen LogP contribution >= 0.6 is 0 Å². The Balaban J connectivity index is 1.19. The molecular weight excluding hydrogens is 416 g/mol. The van der Waals surface area contributed by atoms with E-state index in [9.17, 15) is 9.59 Å². The summed E-state index contributed by atoms with van der Waals surface area (Å²) >= 11 is 0. The zero-order valence-electron chi connectivity index (χ0n) is 18.6. The van der Waals surface area contributed by atoms with Crippen LogP contribution in [0.2, 0.25) is 0 Å². The number of nitrogens with zero attached hydrogens (tertiary/aromatic N) is 2. The summed E-state index contributed by atoms with van der Waals surface area (Å²) in [6.07, 6.45) is 8.92. The minimum atomic E-state index is -0.224. The van der Waals surface area contributed by atoms with Crippen molar-refractivity contribution in [2.75, 3.05) is 39.5 Å². The van der Waals surface area contributed by atoms with Gasteiger partial charge < -0.3 is 9.47 Å². The first-order valence-electron chi connectivity index (χ1n) is 11.3. The Hall–Kier alpha value is -3.35. The molecule has 0 amide bonds. The van der Waals surface area contributed by atoms with E-state index in [-0.39, 0.29) is 18.0 Å². The van der Waals surface area contributed by atoms with Crippen LogP contribution in [-0.2, 0) is 20.7 Å². The molecule has 2 aliphatic heterocycles. The third-order valence-corrected chi connectivity index (χ3v) is 5.58. The number of morpholine rings is 1. The van der Waals surface area contributed by atoms with E-state index in [0.717, 1.165) is 67.4 Å². The van der Waals surface area contributed by atoms with Crippen molar-refractivity contribution in [2.24, 2.45) is 4.99 Å². The van der Waals surface area contributed by atoms with Crippen LogP contribution in [0.5, 0.6) is 5.75 Å². The number of carbonyl (C=O) groups excluding carboxylic acids is 2. The highest BCUT2D eigenvalue weighted by Gasteiger charge is 2.10. The molecule has 2 aromatic rings. The van der Waals surface area contributed by atoms with Gasteiger partial charge in [-0.05, 0) is 53.1 Å². The lowest BCUT2D eigenvalue weighted by Crippen LogP contribution is -2.38. The summed E-state index contributed by atoms with van der Waals surface area (Å²) in [5.74, 6) is 0.355. The van der Waals surface area contributed by atoms with E-state index < -0.39 is 0 Å². The average molecular weight is 445 g/mol. The van der Waals surface area contributed by atoms with Crippen molar-refractivity contribution >= 4 is 35.6 Å². The summed E-state index contributed by atoms with van der Waals surface area (Å²) in [7, 11) is 0. The number of ketones is 2. The molecule has 4 rings (SSSR count). The molecule has 0 saturated carbocycles. The van der Waals surface area contributed by atoms with Gasteiger partial charge in [-0.3, -0.25) is 19.5 Å². The van der Waals surface area contributed by atoms with Gasteiger partial charge in [-0.2, -0.15) is 0 Å². The lowest BCUT2D eigenvalue weighted by Gasteiger charge is -2.26. The van der Waals surface area contributed by atoms with Gasteiger partial charge in [-0.1, -0.05) is 30.4 Å². The van der Waals surface area contributed by atoms with E-state index in [1.165, 1.54) is 12.2 Å². The van der Waals surface area contributed by atoms with Gasteiger partial charge >= 0.3 is 0 Å². The number of carbonyl (C=O) groups is 2. The third kappa shape index (κ3) is 7.07. The SMILES string of the molecule is O=C(/C=C/c1ccc(OCCN2CCOCC2)cc1)CC(=O)/C=C/c1ccc2c(c1)CC=N2. The third-order valence-electron chi connectivity index (χ3n) is 5.58. The fraction of sp³-hybridized carbons (Fsp3) is 0.296. The maximum atomic E-state index is 12.2. The van der Waals surface area contributed by atoms with Crippen LogP contribution < -0.4 is 4.74 Å². The highest BCUT2D eigenvalue weighted by molar-refractivity contribution is 6.10. The fourth-order valence-corrected chi connectivity index (χ4v) is 3.70. The topological polar surface area (TPSA) is 68.2 Å². The Morgan fingerprint density at radius 2 is 1.67 bits per heavy atom. The van der Waals surface area contributed by atoms with Gasteiger partial charge in [0.05, 0.1) is 25.3 Å². The summed E-state index contributed by atoms with van der Waals surface area (Å²) in [5, 5.41) is 0. The fourth-order valence-electron chi connectivity index (χ4n) is 3.70. The Labute approximate surface area is 194 Å². The minimum Gasteiger partial charge on any atom is -0.492 e. The van der Waals surface area contributed by atoms with Gasteiger partial charge in [-0.15, -0.1) is 0 Å². The van der Waals surface area contributed by atoms with E-state index in [1.54, 1.807) is 12.2 Å². The molecule has 0 unspecified atom stereocenters. The molecule has 1 saturated heterocycles. The molecule has 0 N–H and O–H groups in total. The number of benzene rings is 2. The molecule has 33 heavy (non-hydrogen) atoms. The van der Waals surface area contributed by atoms with Crippen LogP contribution in [0.3, 0.4) is 0 Å². The van der Waals surface area contributed by atoms with E-state index >= 15 is 0 Å². The zero-order chi connectivity index (χ0) is 22.9. The zero-order valence-corrected chi connectivity index (χ0v) is 18.6. The number of aliphatic imine (C=N–C) groups is 1. The number of rotatable bonds is 10. The van der Waals surface area contributed by atoms with Gasteiger partial charge in [0.1, 0.15) is 12.4 Å². The number of ether oxygens (including phenoxy) is 2. The normalized spacial score (nSPS) is 15.9. The van der Waals surface area contributed by atoms with Gasteiger partial charge in [0, 0.05) is 32.3 Å². The molecule has 2 heterocycles. The highest BCUT2D eigenvalue weighted by atomic mass is 16.5. The van der Waals surface area contributed by atoms with E-state index in [2.05, 4.69) is 9.89 Å². The molecule has 170 valence electrons. The molecule has 2 aliphatic rings. The van der Waals surface area contributed by atoms with Crippen LogP contribution in [0.25, 0.3) is 12.2 Å². The summed E-state index contributed by atoms with van der Waals surface area (Å²) < 4.78 is 11.1. The number of allylic oxidation sites excluding steroid dienone is 2. The molecule has 1 fully saturated rings. The lowest BCUT2D eigenvalue weighted by molar-refractivity contribution is -0.121. The van der Waals surface area contributed by atoms with Crippen LogP contribution in [0, 0.1) is 0 Å². The quantitative estimate of drug-likeness (QED) is 0.411. The van der Waals surface area contributed by atoms with Crippen molar-refractivity contribution in [3.63, 3.8) is 0 Å². The van der Waals surface area contributed by atoms with Crippen molar-refractivity contribution < 1.29 is 19.1 Å². The van der Waals surface area contributed by atoms with Crippen LogP contribution in [0.1, 0.15) is 23.1 Å². The van der Waals surface area contributed by atoms with Crippen molar-refractivity contribution in [2.45, 2.75) is 12.8 Å². The highest BCUT2D eigenvalue weighted by Crippen LogP contribution is 2.25. The smallest absolute Gasteiger partial charge is 0.163 e. The first kappa shape index (κ1) is 22.8. The summed E-state index contributed by atoms with van der Waals surface area (Å²) in [6.45, 7) is 4.97. The predicted molar refractivity (Wildman–Crippen MR) is 130 cm³/mol. The van der Waals surface area contributed by atoms with Crippen molar-refractivity contribution in [1.29, 1.82) is 0 Å². The van der Waals surface area contributed by atoms with Crippen LogP contribution in [0.15, 0.2) is 59.6 Å². The second kappa shape index (κ2) is 11.5. The van der Waals surface area contributed by atoms with Crippen LogP contribution in [-0.4, -0.2) is 62.1 Å². The monoisotopic (exact) mass is 444 g/mol. The molecule has 0 aliphatic carbocycles. The van der Waals surface area contributed by atoms with Gasteiger partial charge in [0.2, 0.25) is 0 Å². The van der Waals surface area contributed by atoms with Crippen molar-refractivity contribution in [3.05, 3.63) is 71.3 Å². The van der Waals surface area contributed by atoms with Crippen molar-refractivity contribution in [1.82, 2.24) is 4.90 Å². The van der Waals surface area contributed by atoms with E-state index in [4.69, 9.17) is 9.47 Å². The largest absolute Gasteiger partial charge is 0.492 e. The summed E-state index contributed by atoms with van der Waals surface area (Å²) in [6, 6.07) is 13.4. The van der Waals surface area contributed by atoms with E-state index in [0.29, 0.717) is 6.61 Å². The maximum absolute atomic E-state index is 12.2. The van der Waals surface area contributed by atoms with Gasteiger partial charge in [0.25, 0.3) is 0 Å². The number of hydrogen-bond acceptors (Lipinski definition) is 6. The van der Waals surface area contributed by atoms with Gasteiger partial charge in [0.15, 0.2) is 11.6 Å². The summed E-state index contributed by atoms with van der Waals surface area (Å²) in [5.41, 5.74) is 3.94.